The zero-order valence-electron chi connectivity index (χ0n) is 9.72. The molecule has 16 heavy (non-hydrogen) atoms. The van der Waals surface area contributed by atoms with Crippen molar-refractivity contribution in [2.45, 2.75) is 32.6 Å². The normalized spacial score (nSPS) is 17.9. The molecule has 1 fully saturated rings. The largest absolute Gasteiger partial charge is 0.396 e. The van der Waals surface area contributed by atoms with Crippen LogP contribution in [-0.2, 0) is 0 Å². The minimum atomic E-state index is 0.495. The van der Waals surface area contributed by atoms with Crippen LogP contribution < -0.4 is 11.1 Å². The number of nitrogens with two attached hydrogens (primary N) is 1. The lowest BCUT2D eigenvalue weighted by Crippen LogP contribution is -2.35. The highest BCUT2D eigenvalue weighted by atomic mass is 35.5. The lowest BCUT2D eigenvalue weighted by atomic mass is 9.67. The highest BCUT2D eigenvalue weighted by molar-refractivity contribution is 6.33. The quantitative estimate of drug-likeness (QED) is 0.781. The van der Waals surface area contributed by atoms with Gasteiger partial charge in [0.2, 0.25) is 0 Å². The van der Waals surface area contributed by atoms with Crippen molar-refractivity contribution in [1.29, 1.82) is 0 Å². The summed E-state index contributed by atoms with van der Waals surface area (Å²) in [7, 11) is 0. The van der Waals surface area contributed by atoms with Gasteiger partial charge in [-0.1, -0.05) is 31.0 Å². The van der Waals surface area contributed by atoms with Crippen molar-refractivity contribution < 1.29 is 0 Å². The molecular formula is C13H19ClN2. The van der Waals surface area contributed by atoms with Gasteiger partial charge in [0, 0.05) is 6.54 Å². The Kier molecular flexibility index (Phi) is 3.29. The summed E-state index contributed by atoms with van der Waals surface area (Å²) in [6.07, 6.45) is 5.26. The molecule has 0 saturated heterocycles. The molecule has 0 unspecified atom stereocenters. The zero-order valence-corrected chi connectivity index (χ0v) is 10.5. The van der Waals surface area contributed by atoms with Crippen LogP contribution in [0, 0.1) is 5.41 Å². The molecule has 88 valence electrons. The van der Waals surface area contributed by atoms with Crippen LogP contribution >= 0.6 is 11.6 Å². The van der Waals surface area contributed by atoms with Gasteiger partial charge in [0.05, 0.1) is 16.4 Å². The molecule has 1 aliphatic rings. The van der Waals surface area contributed by atoms with Gasteiger partial charge in [-0.05, 0) is 36.8 Å². The topological polar surface area (TPSA) is 38.0 Å². The minimum absolute atomic E-state index is 0.495. The second-order valence-corrected chi connectivity index (χ2v) is 5.17. The van der Waals surface area contributed by atoms with E-state index in [-0.39, 0.29) is 0 Å². The molecule has 0 aromatic heterocycles. The minimum Gasteiger partial charge on any atom is -0.396 e. The Bertz CT molecular complexity index is 367. The summed E-state index contributed by atoms with van der Waals surface area (Å²) < 4.78 is 0. The van der Waals surface area contributed by atoms with Crippen LogP contribution in [0.3, 0.4) is 0 Å². The zero-order chi connectivity index (χ0) is 11.6. The van der Waals surface area contributed by atoms with Gasteiger partial charge in [-0.25, -0.2) is 0 Å². The van der Waals surface area contributed by atoms with Crippen molar-refractivity contribution >= 4 is 23.0 Å². The predicted octanol–water partition coefficient (Wildman–Crippen LogP) is 3.91. The maximum Gasteiger partial charge on any atom is 0.0739 e. The number of hydrogen-bond donors (Lipinski definition) is 2. The molecule has 2 rings (SSSR count). The summed E-state index contributed by atoms with van der Waals surface area (Å²) in [5.74, 6) is 0. The third kappa shape index (κ3) is 2.12. The van der Waals surface area contributed by atoms with E-state index in [0.717, 1.165) is 12.2 Å². The Morgan fingerprint density at radius 1 is 1.44 bits per heavy atom. The molecule has 0 radical (unpaired) electrons. The molecule has 0 heterocycles. The standard InChI is InChI=1S/C13H19ClN2/c1-2-13(7-4-8-13)9-16-11-6-3-5-10(14)12(11)15/h3,5-6,16H,2,4,7-9,15H2,1H3. The lowest BCUT2D eigenvalue weighted by molar-refractivity contribution is 0.145. The van der Waals surface area contributed by atoms with E-state index >= 15 is 0 Å². The summed E-state index contributed by atoms with van der Waals surface area (Å²) >= 11 is 5.98. The molecule has 1 saturated carbocycles. The van der Waals surface area contributed by atoms with E-state index in [1.165, 1.54) is 25.7 Å². The van der Waals surface area contributed by atoms with Crippen LogP contribution in [0.15, 0.2) is 18.2 Å². The number of nitrogens with one attached hydrogen (secondary N) is 1. The first-order valence-electron chi connectivity index (χ1n) is 5.95. The van der Waals surface area contributed by atoms with Gasteiger partial charge in [-0.3, -0.25) is 0 Å². The number of para-hydroxylation sites is 1. The van der Waals surface area contributed by atoms with Crippen molar-refractivity contribution in [2.75, 3.05) is 17.6 Å². The molecule has 0 amide bonds. The average molecular weight is 239 g/mol. The fourth-order valence-corrected chi connectivity index (χ4v) is 2.48. The molecular weight excluding hydrogens is 220 g/mol. The summed E-state index contributed by atoms with van der Waals surface area (Å²) in [5.41, 5.74) is 8.04. The van der Waals surface area contributed by atoms with Gasteiger partial charge in [0.25, 0.3) is 0 Å². The molecule has 1 aromatic carbocycles. The van der Waals surface area contributed by atoms with E-state index in [2.05, 4.69) is 12.2 Å². The highest BCUT2D eigenvalue weighted by Gasteiger charge is 2.34. The van der Waals surface area contributed by atoms with E-state index in [4.69, 9.17) is 17.3 Å². The van der Waals surface area contributed by atoms with Gasteiger partial charge in [0.15, 0.2) is 0 Å². The van der Waals surface area contributed by atoms with Crippen LogP contribution in [0.4, 0.5) is 11.4 Å². The molecule has 1 aromatic rings. The Hall–Kier alpha value is -0.890. The number of rotatable bonds is 4. The Morgan fingerprint density at radius 3 is 2.75 bits per heavy atom. The van der Waals surface area contributed by atoms with Crippen LogP contribution in [0.5, 0.6) is 0 Å². The summed E-state index contributed by atoms with van der Waals surface area (Å²) in [4.78, 5) is 0. The van der Waals surface area contributed by atoms with Gasteiger partial charge in [-0.15, -0.1) is 0 Å². The van der Waals surface area contributed by atoms with E-state index in [1.807, 2.05) is 18.2 Å². The van der Waals surface area contributed by atoms with E-state index < -0.39 is 0 Å². The Labute approximate surface area is 102 Å². The molecule has 3 N–H and O–H groups in total. The third-order valence-electron chi connectivity index (χ3n) is 3.87. The second kappa shape index (κ2) is 4.54. The van der Waals surface area contributed by atoms with Crippen LogP contribution in [-0.4, -0.2) is 6.54 Å². The van der Waals surface area contributed by atoms with E-state index in [9.17, 15) is 0 Å². The smallest absolute Gasteiger partial charge is 0.0739 e. The first-order chi connectivity index (χ1) is 7.67. The molecule has 0 bridgehead atoms. The second-order valence-electron chi connectivity index (χ2n) is 4.76. The fraction of sp³-hybridized carbons (Fsp3) is 0.538. The summed E-state index contributed by atoms with van der Waals surface area (Å²) in [6, 6.07) is 5.74. The molecule has 0 atom stereocenters. The van der Waals surface area contributed by atoms with Crippen molar-refractivity contribution in [3.63, 3.8) is 0 Å². The fourth-order valence-electron chi connectivity index (χ4n) is 2.31. The van der Waals surface area contributed by atoms with Crippen LogP contribution in [0.1, 0.15) is 32.6 Å². The molecule has 0 spiro atoms. The van der Waals surface area contributed by atoms with Crippen molar-refractivity contribution in [2.24, 2.45) is 5.41 Å². The number of hydrogen-bond acceptors (Lipinski definition) is 2. The van der Waals surface area contributed by atoms with Crippen molar-refractivity contribution in [3.8, 4) is 0 Å². The number of nitrogen functional groups attached to an aromatic ring is 1. The summed E-state index contributed by atoms with van der Waals surface area (Å²) in [6.45, 7) is 3.27. The molecule has 1 aliphatic carbocycles. The average Bonchev–Trinajstić information content (AvgIpc) is 2.23. The molecule has 2 nitrogen and oxygen atoms in total. The highest BCUT2D eigenvalue weighted by Crippen LogP contribution is 2.44. The maximum atomic E-state index is 5.98. The van der Waals surface area contributed by atoms with Crippen molar-refractivity contribution in [1.82, 2.24) is 0 Å². The van der Waals surface area contributed by atoms with Gasteiger partial charge >= 0.3 is 0 Å². The molecule has 3 heteroatoms. The van der Waals surface area contributed by atoms with Gasteiger partial charge in [-0.2, -0.15) is 0 Å². The lowest BCUT2D eigenvalue weighted by Gasteiger charge is -2.41. The van der Waals surface area contributed by atoms with Gasteiger partial charge in [0.1, 0.15) is 0 Å². The first kappa shape index (κ1) is 11.6. The van der Waals surface area contributed by atoms with E-state index in [1.54, 1.807) is 0 Å². The predicted molar refractivity (Wildman–Crippen MR) is 70.9 cm³/mol. The number of benzene rings is 1. The summed E-state index contributed by atoms with van der Waals surface area (Å²) in [5, 5.41) is 4.07. The van der Waals surface area contributed by atoms with E-state index in [0.29, 0.717) is 16.1 Å². The maximum absolute atomic E-state index is 5.98. The van der Waals surface area contributed by atoms with Gasteiger partial charge < -0.3 is 11.1 Å². The third-order valence-corrected chi connectivity index (χ3v) is 4.20. The SMILES string of the molecule is CCC1(CNc2cccc(Cl)c2N)CCC1. The number of halogens is 1. The monoisotopic (exact) mass is 238 g/mol. The first-order valence-corrected chi connectivity index (χ1v) is 6.32. The Morgan fingerprint density at radius 2 is 2.19 bits per heavy atom. The van der Waals surface area contributed by atoms with Crippen LogP contribution in [0.25, 0.3) is 0 Å². The molecule has 0 aliphatic heterocycles. The van der Waals surface area contributed by atoms with Crippen LogP contribution in [0.2, 0.25) is 5.02 Å². The Balaban J connectivity index is 2.02. The van der Waals surface area contributed by atoms with Crippen molar-refractivity contribution in [3.05, 3.63) is 23.2 Å². The number of anilines is 2.